The second-order valence-electron chi connectivity index (χ2n) is 4.72. The molecule has 0 radical (unpaired) electrons. The van der Waals surface area contributed by atoms with E-state index in [1.54, 1.807) is 0 Å². The number of amides is 1. The lowest BCUT2D eigenvalue weighted by Gasteiger charge is -2.15. The Hall–Kier alpha value is -1.78. The SMILES string of the molecule is N=C1S[C@@H](Cc2ccccc2Cl)C(=O)N1c1ccccc1. The Morgan fingerprint density at radius 3 is 2.48 bits per heavy atom. The average molecular weight is 317 g/mol. The number of hydrogen-bond acceptors (Lipinski definition) is 3. The quantitative estimate of drug-likeness (QED) is 0.931. The molecule has 1 amide bonds. The van der Waals surface area contributed by atoms with Crippen LogP contribution in [0.2, 0.25) is 5.02 Å². The summed E-state index contributed by atoms with van der Waals surface area (Å²) in [6, 6.07) is 16.8. The number of nitrogens with one attached hydrogen (secondary N) is 1. The van der Waals surface area contributed by atoms with Crippen LogP contribution in [0.15, 0.2) is 54.6 Å². The lowest BCUT2D eigenvalue weighted by Crippen LogP contribution is -2.32. The van der Waals surface area contributed by atoms with E-state index in [4.69, 9.17) is 17.0 Å². The molecule has 1 fully saturated rings. The summed E-state index contributed by atoms with van der Waals surface area (Å²) in [6.07, 6.45) is 0.537. The van der Waals surface area contributed by atoms with Crippen molar-refractivity contribution in [3.8, 4) is 0 Å². The predicted molar refractivity (Wildman–Crippen MR) is 88.2 cm³/mol. The molecule has 1 aliphatic rings. The summed E-state index contributed by atoms with van der Waals surface area (Å²) in [5.74, 6) is -0.0591. The highest BCUT2D eigenvalue weighted by Gasteiger charge is 2.38. The van der Waals surface area contributed by atoms with Gasteiger partial charge in [-0.1, -0.05) is 59.8 Å². The van der Waals surface area contributed by atoms with Crippen molar-refractivity contribution in [2.24, 2.45) is 0 Å². The van der Waals surface area contributed by atoms with Crippen molar-refractivity contribution in [2.45, 2.75) is 11.7 Å². The normalized spacial score (nSPS) is 18.3. The summed E-state index contributed by atoms with van der Waals surface area (Å²) in [5, 5.41) is 8.69. The third-order valence-corrected chi connectivity index (χ3v) is 4.76. The molecule has 1 atom stereocenters. The van der Waals surface area contributed by atoms with Gasteiger partial charge in [-0.25, -0.2) is 0 Å². The molecule has 21 heavy (non-hydrogen) atoms. The summed E-state index contributed by atoms with van der Waals surface area (Å²) in [4.78, 5) is 14.0. The van der Waals surface area contributed by atoms with Crippen molar-refractivity contribution in [2.75, 3.05) is 4.90 Å². The molecule has 5 heteroatoms. The molecule has 1 N–H and O–H groups in total. The summed E-state index contributed by atoms with van der Waals surface area (Å²) >= 11 is 7.43. The van der Waals surface area contributed by atoms with E-state index >= 15 is 0 Å². The smallest absolute Gasteiger partial charge is 0.247 e. The maximum atomic E-state index is 12.6. The van der Waals surface area contributed by atoms with Crippen LogP contribution in [-0.2, 0) is 11.2 Å². The van der Waals surface area contributed by atoms with Crippen LogP contribution in [0, 0.1) is 5.41 Å². The topological polar surface area (TPSA) is 44.2 Å². The maximum absolute atomic E-state index is 12.6. The van der Waals surface area contributed by atoms with Crippen molar-refractivity contribution in [1.29, 1.82) is 5.41 Å². The number of amidine groups is 1. The number of para-hydroxylation sites is 1. The first-order valence-corrected chi connectivity index (χ1v) is 7.80. The lowest BCUT2D eigenvalue weighted by atomic mass is 10.1. The molecule has 106 valence electrons. The van der Waals surface area contributed by atoms with Gasteiger partial charge in [0.15, 0.2) is 5.17 Å². The summed E-state index contributed by atoms with van der Waals surface area (Å²) in [7, 11) is 0. The molecular weight excluding hydrogens is 304 g/mol. The van der Waals surface area contributed by atoms with Gasteiger partial charge in [0.2, 0.25) is 5.91 Å². The zero-order valence-electron chi connectivity index (χ0n) is 11.1. The first-order valence-electron chi connectivity index (χ1n) is 6.54. The fraction of sp³-hybridized carbons (Fsp3) is 0.125. The molecule has 0 unspecified atom stereocenters. The van der Waals surface area contributed by atoms with Gasteiger partial charge in [-0.2, -0.15) is 0 Å². The Balaban J connectivity index is 1.83. The summed E-state index contributed by atoms with van der Waals surface area (Å²) < 4.78 is 0. The standard InChI is InChI=1S/C16H13ClN2OS/c17-13-9-5-4-6-11(13)10-14-15(20)19(16(18)21-14)12-7-2-1-3-8-12/h1-9,14,18H,10H2/t14-/m0/s1. The molecule has 0 bridgehead atoms. The van der Waals surface area contributed by atoms with E-state index in [2.05, 4.69) is 0 Å². The Morgan fingerprint density at radius 1 is 1.10 bits per heavy atom. The number of carbonyl (C=O) groups excluding carboxylic acids is 1. The highest BCUT2D eigenvalue weighted by atomic mass is 35.5. The highest BCUT2D eigenvalue weighted by molar-refractivity contribution is 8.16. The molecule has 0 saturated carbocycles. The molecule has 3 nitrogen and oxygen atoms in total. The summed E-state index contributed by atoms with van der Waals surface area (Å²) in [6.45, 7) is 0. The number of rotatable bonds is 3. The van der Waals surface area contributed by atoms with E-state index in [9.17, 15) is 4.79 Å². The van der Waals surface area contributed by atoms with Crippen molar-refractivity contribution >= 4 is 40.1 Å². The average Bonchev–Trinajstić information content (AvgIpc) is 2.77. The third kappa shape index (κ3) is 2.82. The Kier molecular flexibility index (Phi) is 3.99. The minimum absolute atomic E-state index is 0.0591. The Labute approximate surface area is 132 Å². The van der Waals surface area contributed by atoms with Crippen LogP contribution in [0.25, 0.3) is 0 Å². The van der Waals surface area contributed by atoms with Crippen LogP contribution in [0.4, 0.5) is 5.69 Å². The van der Waals surface area contributed by atoms with Crippen molar-refractivity contribution in [1.82, 2.24) is 0 Å². The molecule has 1 heterocycles. The van der Waals surface area contributed by atoms with Crippen LogP contribution in [0.3, 0.4) is 0 Å². The molecule has 3 rings (SSSR count). The van der Waals surface area contributed by atoms with Gasteiger partial charge in [-0.3, -0.25) is 15.1 Å². The van der Waals surface area contributed by atoms with Gasteiger partial charge in [0, 0.05) is 5.02 Å². The van der Waals surface area contributed by atoms with E-state index in [1.807, 2.05) is 54.6 Å². The first-order chi connectivity index (χ1) is 10.2. The molecule has 0 spiro atoms. The molecule has 0 aliphatic carbocycles. The van der Waals surface area contributed by atoms with Crippen LogP contribution in [-0.4, -0.2) is 16.3 Å². The monoisotopic (exact) mass is 316 g/mol. The van der Waals surface area contributed by atoms with Crippen molar-refractivity contribution in [3.05, 3.63) is 65.2 Å². The Morgan fingerprint density at radius 2 is 1.76 bits per heavy atom. The molecule has 2 aromatic rings. The van der Waals surface area contributed by atoms with Crippen molar-refractivity contribution in [3.63, 3.8) is 0 Å². The number of benzene rings is 2. The van der Waals surface area contributed by atoms with E-state index in [-0.39, 0.29) is 16.3 Å². The number of hydrogen-bond donors (Lipinski definition) is 1. The molecule has 1 saturated heterocycles. The maximum Gasteiger partial charge on any atom is 0.247 e. The third-order valence-electron chi connectivity index (χ3n) is 3.33. The number of anilines is 1. The second kappa shape index (κ2) is 5.92. The van der Waals surface area contributed by atoms with Gasteiger partial charge < -0.3 is 0 Å². The minimum Gasteiger partial charge on any atom is -0.278 e. The van der Waals surface area contributed by atoms with Gasteiger partial charge in [0.1, 0.15) is 0 Å². The first kappa shape index (κ1) is 14.2. The van der Waals surface area contributed by atoms with Gasteiger partial charge in [-0.15, -0.1) is 0 Å². The van der Waals surface area contributed by atoms with Gasteiger partial charge >= 0.3 is 0 Å². The van der Waals surface area contributed by atoms with E-state index in [0.29, 0.717) is 11.4 Å². The number of thioether (sulfide) groups is 1. The van der Waals surface area contributed by atoms with Gasteiger partial charge in [0.05, 0.1) is 10.9 Å². The number of carbonyl (C=O) groups is 1. The van der Waals surface area contributed by atoms with Crippen molar-refractivity contribution < 1.29 is 4.79 Å². The minimum atomic E-state index is -0.294. The fourth-order valence-corrected chi connectivity index (χ4v) is 3.55. The van der Waals surface area contributed by atoms with Crippen LogP contribution < -0.4 is 4.90 Å². The molecule has 2 aromatic carbocycles. The predicted octanol–water partition coefficient (Wildman–Crippen LogP) is 3.97. The highest BCUT2D eigenvalue weighted by Crippen LogP contribution is 2.33. The Bertz CT molecular complexity index is 690. The fourth-order valence-electron chi connectivity index (χ4n) is 2.30. The van der Waals surface area contributed by atoms with Crippen LogP contribution >= 0.6 is 23.4 Å². The largest absolute Gasteiger partial charge is 0.278 e. The lowest BCUT2D eigenvalue weighted by molar-refractivity contribution is -0.116. The van der Waals surface area contributed by atoms with E-state index in [0.717, 1.165) is 11.3 Å². The van der Waals surface area contributed by atoms with Crippen LogP contribution in [0.5, 0.6) is 0 Å². The molecular formula is C16H13ClN2OS. The number of halogens is 1. The van der Waals surface area contributed by atoms with Gasteiger partial charge in [-0.05, 0) is 30.2 Å². The van der Waals surface area contributed by atoms with Crippen LogP contribution in [0.1, 0.15) is 5.56 Å². The molecule has 0 aromatic heterocycles. The molecule has 1 aliphatic heterocycles. The zero-order chi connectivity index (χ0) is 14.8. The van der Waals surface area contributed by atoms with E-state index in [1.165, 1.54) is 16.7 Å². The van der Waals surface area contributed by atoms with Gasteiger partial charge in [0.25, 0.3) is 0 Å². The second-order valence-corrected chi connectivity index (χ2v) is 6.32. The summed E-state index contributed by atoms with van der Waals surface area (Å²) in [5.41, 5.74) is 1.68. The van der Waals surface area contributed by atoms with E-state index < -0.39 is 0 Å². The zero-order valence-corrected chi connectivity index (χ0v) is 12.7. The number of nitrogens with zero attached hydrogens (tertiary/aromatic N) is 1.